The van der Waals surface area contributed by atoms with Crippen molar-refractivity contribution in [2.75, 3.05) is 7.11 Å². The number of benzene rings is 3. The lowest BCUT2D eigenvalue weighted by atomic mass is 10.1. The highest BCUT2D eigenvalue weighted by molar-refractivity contribution is 7.91. The van der Waals surface area contributed by atoms with E-state index in [9.17, 15) is 18.5 Å². The zero-order chi connectivity index (χ0) is 22.4. The second kappa shape index (κ2) is 9.12. The predicted octanol–water partition coefficient (Wildman–Crippen LogP) is 5.55. The molecule has 0 unspecified atom stereocenters. The van der Waals surface area contributed by atoms with Gasteiger partial charge in [-0.15, -0.1) is 0 Å². The van der Waals surface area contributed by atoms with Gasteiger partial charge in [0.1, 0.15) is 5.75 Å². The van der Waals surface area contributed by atoms with E-state index in [4.69, 9.17) is 10.3 Å². The normalized spacial score (nSPS) is 11.1. The van der Waals surface area contributed by atoms with Crippen LogP contribution in [-0.2, 0) is 9.84 Å². The lowest BCUT2D eigenvalue weighted by Crippen LogP contribution is -2.05. The van der Waals surface area contributed by atoms with E-state index in [1.54, 1.807) is 48.5 Å². The van der Waals surface area contributed by atoms with Crippen LogP contribution in [0.5, 0.6) is 5.75 Å². The Balaban J connectivity index is 2.25. The minimum Gasteiger partial charge on any atom is -0.497 e. The van der Waals surface area contributed by atoms with Gasteiger partial charge in [-0.05, 0) is 35.4 Å². The largest absolute Gasteiger partial charge is 0.497 e. The molecule has 0 saturated heterocycles. The summed E-state index contributed by atoms with van der Waals surface area (Å²) in [4.78, 5) is 13.0. The van der Waals surface area contributed by atoms with Crippen molar-refractivity contribution in [1.82, 2.24) is 0 Å². The number of methoxy groups -OCH3 is 1. The Labute approximate surface area is 177 Å². The number of ether oxygens (including phenoxy) is 1. The zero-order valence-electron chi connectivity index (χ0n) is 16.2. The summed E-state index contributed by atoms with van der Waals surface area (Å²) in [5.41, 5.74) is 9.02. The Kier molecular flexibility index (Phi) is 6.35. The number of hydrogen-bond donors (Lipinski definition) is 0. The van der Waals surface area contributed by atoms with Gasteiger partial charge in [0.15, 0.2) is 0 Å². The Morgan fingerprint density at radius 3 is 2.32 bits per heavy atom. The predicted molar refractivity (Wildman–Crippen MR) is 116 cm³/mol. The summed E-state index contributed by atoms with van der Waals surface area (Å²) in [7, 11) is -2.60. The molecule has 3 rings (SSSR count). The van der Waals surface area contributed by atoms with E-state index in [1.807, 2.05) is 0 Å². The molecule has 0 spiro atoms. The van der Waals surface area contributed by atoms with E-state index < -0.39 is 20.4 Å². The molecule has 0 N–H and O–H groups in total. The lowest BCUT2D eigenvalue weighted by Gasteiger charge is -2.11. The van der Waals surface area contributed by atoms with Crippen molar-refractivity contribution in [1.29, 1.82) is 0 Å². The maximum Gasteiger partial charge on any atom is 0.271 e. The quantitative estimate of drug-likeness (QED) is 0.119. The number of hydrogen-bond acceptors (Lipinski definition) is 6. The van der Waals surface area contributed by atoms with E-state index >= 15 is 0 Å². The molecule has 0 radical (unpaired) electrons. The van der Waals surface area contributed by atoms with Crippen molar-refractivity contribution in [2.24, 2.45) is 5.11 Å². The van der Waals surface area contributed by atoms with Crippen molar-refractivity contribution >= 4 is 33.4 Å². The van der Waals surface area contributed by atoms with E-state index in [2.05, 4.69) is 10.0 Å². The number of azide groups is 1. The number of nitrogens with zero attached hydrogens (tertiary/aromatic N) is 4. The summed E-state index contributed by atoms with van der Waals surface area (Å²) < 4.78 is 31.7. The van der Waals surface area contributed by atoms with Crippen LogP contribution in [0.25, 0.3) is 22.6 Å². The highest BCUT2D eigenvalue weighted by atomic mass is 32.2. The highest BCUT2D eigenvalue weighted by Gasteiger charge is 2.25. The molecular formula is C21H16N4O5S. The summed E-state index contributed by atoms with van der Waals surface area (Å²) in [6, 6.07) is 16.5. The number of nitro benzene ring substituents is 1. The first-order valence-electron chi connectivity index (χ1n) is 8.86. The molecule has 3 aromatic rings. The van der Waals surface area contributed by atoms with E-state index in [1.165, 1.54) is 25.3 Å². The monoisotopic (exact) mass is 436 g/mol. The van der Waals surface area contributed by atoms with Crippen LogP contribution in [0.1, 0.15) is 11.1 Å². The maximum absolute atomic E-state index is 13.3. The summed E-state index contributed by atoms with van der Waals surface area (Å²) in [5, 5.41) is 14.9. The first-order valence-corrected chi connectivity index (χ1v) is 10.3. The number of nitro groups is 1. The van der Waals surface area contributed by atoms with Gasteiger partial charge in [-0.2, -0.15) is 0 Å². The Morgan fingerprint density at radius 2 is 1.74 bits per heavy atom. The molecule has 0 saturated carbocycles. The lowest BCUT2D eigenvalue weighted by molar-refractivity contribution is -0.385. The molecule has 3 aromatic carbocycles. The molecule has 0 aromatic heterocycles. The van der Waals surface area contributed by atoms with Crippen molar-refractivity contribution in [3.63, 3.8) is 0 Å². The molecule has 0 fully saturated rings. The molecule has 0 atom stereocenters. The molecule has 31 heavy (non-hydrogen) atoms. The van der Waals surface area contributed by atoms with Gasteiger partial charge < -0.3 is 4.74 Å². The van der Waals surface area contributed by atoms with Gasteiger partial charge in [0, 0.05) is 22.6 Å². The van der Waals surface area contributed by atoms with Gasteiger partial charge in [0.25, 0.3) is 5.69 Å². The van der Waals surface area contributed by atoms with Crippen LogP contribution in [0.3, 0.4) is 0 Å². The summed E-state index contributed by atoms with van der Waals surface area (Å²) in [6.45, 7) is 0. The van der Waals surface area contributed by atoms with Crippen LogP contribution in [0, 0.1) is 10.1 Å². The van der Waals surface area contributed by atoms with Gasteiger partial charge in [0.2, 0.25) is 9.84 Å². The first kappa shape index (κ1) is 21.6. The van der Waals surface area contributed by atoms with E-state index in [0.29, 0.717) is 11.3 Å². The average molecular weight is 436 g/mol. The van der Waals surface area contributed by atoms with E-state index in [-0.39, 0.29) is 21.0 Å². The van der Waals surface area contributed by atoms with E-state index in [0.717, 1.165) is 12.1 Å². The minimum absolute atomic E-state index is 0.0403. The first-order chi connectivity index (χ1) is 14.9. The fourth-order valence-electron chi connectivity index (χ4n) is 2.85. The van der Waals surface area contributed by atoms with Crippen LogP contribution in [-0.4, -0.2) is 20.5 Å². The molecule has 156 valence electrons. The third-order valence-electron chi connectivity index (χ3n) is 4.37. The highest BCUT2D eigenvalue weighted by Crippen LogP contribution is 2.36. The van der Waals surface area contributed by atoms with Crippen LogP contribution in [0.2, 0.25) is 0 Å². The summed E-state index contributed by atoms with van der Waals surface area (Å²) in [5.74, 6) is 0.648. The van der Waals surface area contributed by atoms with Crippen molar-refractivity contribution in [3.8, 4) is 5.75 Å². The molecule has 0 amide bonds. The molecule has 0 aliphatic rings. The molecular weight excluding hydrogens is 420 g/mol. The number of sulfone groups is 1. The molecule has 0 aliphatic heterocycles. The molecule has 10 heteroatoms. The number of rotatable bonds is 7. The van der Waals surface area contributed by atoms with Crippen molar-refractivity contribution in [2.45, 2.75) is 9.79 Å². The SMILES string of the molecule is COc1ccc(/C=C/c2c(N=[N+]=[N-])cc([N+](=O)[O-])cc2S(=O)(=O)c2ccccc2)cc1. The van der Waals surface area contributed by atoms with Gasteiger partial charge in [-0.25, -0.2) is 8.42 Å². The van der Waals surface area contributed by atoms with Crippen LogP contribution in [0.15, 0.2) is 81.6 Å². The van der Waals surface area contributed by atoms with Crippen LogP contribution < -0.4 is 4.74 Å². The summed E-state index contributed by atoms with van der Waals surface area (Å²) in [6.07, 6.45) is 3.06. The Hall–Kier alpha value is -4.14. The average Bonchev–Trinajstić information content (AvgIpc) is 2.78. The smallest absolute Gasteiger partial charge is 0.271 e. The van der Waals surface area contributed by atoms with Gasteiger partial charge in [0.05, 0.1) is 27.5 Å². The molecule has 9 nitrogen and oxygen atoms in total. The molecule has 0 heterocycles. The van der Waals surface area contributed by atoms with Crippen molar-refractivity contribution < 1.29 is 18.1 Å². The van der Waals surface area contributed by atoms with Crippen LogP contribution >= 0.6 is 0 Å². The van der Waals surface area contributed by atoms with Gasteiger partial charge >= 0.3 is 0 Å². The Morgan fingerprint density at radius 1 is 1.06 bits per heavy atom. The second-order valence-corrected chi connectivity index (χ2v) is 8.16. The molecule has 0 aliphatic carbocycles. The fraction of sp³-hybridized carbons (Fsp3) is 0.0476. The zero-order valence-corrected chi connectivity index (χ0v) is 17.1. The second-order valence-electron chi connectivity index (χ2n) is 6.25. The van der Waals surface area contributed by atoms with Gasteiger partial charge in [-0.3, -0.25) is 10.1 Å². The van der Waals surface area contributed by atoms with Crippen LogP contribution in [0.4, 0.5) is 11.4 Å². The fourth-order valence-corrected chi connectivity index (χ4v) is 4.35. The minimum atomic E-state index is -4.14. The number of non-ortho nitro benzene ring substituents is 1. The molecule has 0 bridgehead atoms. The maximum atomic E-state index is 13.3. The summed E-state index contributed by atoms with van der Waals surface area (Å²) >= 11 is 0. The Bertz CT molecular complexity index is 1300. The topological polar surface area (TPSA) is 135 Å². The van der Waals surface area contributed by atoms with Crippen molar-refractivity contribution in [3.05, 3.63) is 98.4 Å². The standard InChI is InChI=1S/C21H16N4O5S/c1-30-17-10-7-15(8-11-17)9-12-19-20(23-24-22)13-16(25(26)27)14-21(19)31(28,29)18-5-3-2-4-6-18/h2-14H,1H3/b12-9+. The third kappa shape index (κ3) is 4.72. The third-order valence-corrected chi connectivity index (χ3v) is 6.18. The van der Waals surface area contributed by atoms with Gasteiger partial charge in [-0.1, -0.05) is 47.6 Å².